The first kappa shape index (κ1) is 35.1. The fourth-order valence-corrected chi connectivity index (χ4v) is 24.5. The molecule has 0 spiro atoms. The van der Waals surface area contributed by atoms with Crippen LogP contribution in [0.5, 0.6) is 11.5 Å². The Hall–Kier alpha value is -4.63. The van der Waals surface area contributed by atoms with E-state index in [2.05, 4.69) is 211 Å². The van der Waals surface area contributed by atoms with Gasteiger partial charge in [0.25, 0.3) is 0 Å². The van der Waals surface area contributed by atoms with Gasteiger partial charge < -0.3 is 14.5 Å². The van der Waals surface area contributed by atoms with E-state index in [1.54, 1.807) is 0 Å². The summed E-state index contributed by atoms with van der Waals surface area (Å²) in [5.74, 6) is 2.02. The second-order valence-electron chi connectivity index (χ2n) is 18.6. The molecule has 0 fully saturated rings. The zero-order chi connectivity index (χ0) is 38.0. The molecule has 3 heterocycles. The fourth-order valence-electron chi connectivity index (χ4n) is 11.1. The van der Waals surface area contributed by atoms with Crippen LogP contribution >= 0.6 is 0 Å². The number of nitrogens with zero attached hydrogens (tertiary/aromatic N) is 2. The highest BCUT2D eigenvalue weighted by atomic mass is 28.3. The number of para-hydroxylation sites is 6. The molecule has 6 aromatic carbocycles. The number of ether oxygens (including phenoxy) is 1. The van der Waals surface area contributed by atoms with Crippen molar-refractivity contribution < 1.29 is 4.74 Å². The summed E-state index contributed by atoms with van der Waals surface area (Å²) in [6.07, 6.45) is 0. The number of anilines is 6. The second-order valence-corrected chi connectivity index (χ2v) is 32.9. The summed E-state index contributed by atoms with van der Waals surface area (Å²) in [7, 11) is -6.65. The first-order chi connectivity index (χ1) is 25.6. The summed E-state index contributed by atoms with van der Waals surface area (Å²) in [4.78, 5) is 5.05. The van der Waals surface area contributed by atoms with Gasteiger partial charge in [-0.1, -0.05) is 165 Å². The Labute approximate surface area is 325 Å². The molecule has 0 aliphatic carbocycles. The van der Waals surface area contributed by atoms with Crippen molar-refractivity contribution in [3.8, 4) is 11.5 Å². The van der Waals surface area contributed by atoms with Crippen LogP contribution in [0, 0.1) is 0 Å². The lowest BCUT2D eigenvalue weighted by molar-refractivity contribution is 0.483. The van der Waals surface area contributed by atoms with Crippen molar-refractivity contribution in [3.63, 3.8) is 0 Å². The van der Waals surface area contributed by atoms with Crippen LogP contribution in [0.2, 0.25) is 36.3 Å². The molecule has 0 bridgehead atoms. The van der Waals surface area contributed by atoms with E-state index < -0.39 is 24.2 Å². The van der Waals surface area contributed by atoms with Crippen LogP contribution in [0.4, 0.5) is 34.1 Å². The molecule has 0 amide bonds. The molecule has 0 unspecified atom stereocenters. The van der Waals surface area contributed by atoms with Crippen molar-refractivity contribution in [1.82, 2.24) is 0 Å². The quantitative estimate of drug-likeness (QED) is 0.164. The average Bonchev–Trinajstić information content (AvgIpc) is 3.13. The van der Waals surface area contributed by atoms with Crippen molar-refractivity contribution in [1.29, 1.82) is 0 Å². The van der Waals surface area contributed by atoms with Crippen LogP contribution in [0.1, 0.15) is 41.5 Å². The second kappa shape index (κ2) is 11.7. The van der Waals surface area contributed by atoms with Gasteiger partial charge in [-0.25, -0.2) is 0 Å². The number of rotatable bonds is 2. The van der Waals surface area contributed by atoms with E-state index in [-0.39, 0.29) is 10.1 Å². The highest BCUT2D eigenvalue weighted by molar-refractivity contribution is 7.07. The maximum Gasteiger partial charge on any atom is 0.151 e. The maximum atomic E-state index is 7.73. The minimum Gasteiger partial charge on any atom is -0.453 e. The molecular weight excluding hydrogens is 705 g/mol. The molecule has 6 heteroatoms. The highest BCUT2D eigenvalue weighted by Crippen LogP contribution is 2.58. The van der Waals surface area contributed by atoms with Gasteiger partial charge in [0.1, 0.15) is 24.2 Å². The number of fused-ring (bicyclic) bond motifs is 6. The molecule has 0 radical (unpaired) electrons. The third-order valence-corrected chi connectivity index (χ3v) is 27.0. The molecule has 0 saturated heterocycles. The Kier molecular flexibility index (Phi) is 7.60. The summed E-state index contributed by atoms with van der Waals surface area (Å²) >= 11 is 0. The predicted octanol–water partition coefficient (Wildman–Crippen LogP) is 10.2. The Morgan fingerprint density at radius 3 is 0.907 bits per heavy atom. The lowest BCUT2D eigenvalue weighted by Gasteiger charge is -2.55. The van der Waals surface area contributed by atoms with Crippen LogP contribution in [-0.2, 0) is 0 Å². The summed E-state index contributed by atoms with van der Waals surface area (Å²) in [5.41, 5.74) is 7.33. The van der Waals surface area contributed by atoms with Crippen molar-refractivity contribution >= 4 is 89.5 Å². The number of hydrogen-bond acceptors (Lipinski definition) is 3. The van der Waals surface area contributed by atoms with Crippen LogP contribution < -0.4 is 45.7 Å². The van der Waals surface area contributed by atoms with E-state index in [9.17, 15) is 0 Å². The Balaban J connectivity index is 1.38. The zero-order valence-corrected chi connectivity index (χ0v) is 36.5. The Morgan fingerprint density at radius 2 is 0.611 bits per heavy atom. The smallest absolute Gasteiger partial charge is 0.151 e. The zero-order valence-electron chi connectivity index (χ0n) is 33.5. The first-order valence-electron chi connectivity index (χ1n) is 19.5. The summed E-state index contributed by atoms with van der Waals surface area (Å²) in [6.45, 7) is 24.9. The van der Waals surface area contributed by atoms with E-state index in [0.29, 0.717) is 0 Å². The topological polar surface area (TPSA) is 15.7 Å². The predicted molar refractivity (Wildman–Crippen MR) is 240 cm³/mol. The monoisotopic (exact) mass is 756 g/mol. The van der Waals surface area contributed by atoms with Gasteiger partial charge in [-0.2, -0.15) is 0 Å². The minimum atomic E-state index is -2.70. The van der Waals surface area contributed by atoms with E-state index in [0.717, 1.165) is 22.9 Å². The SMILES string of the molecule is CC(C)(C)[Si]1(C(C)(C)C)c2cccc(N3c4ccccc4[Si](C)(C)c4ccccc43)c2Oc2c(N3c4ccccc4[Si](C)(C)c4ccccc43)cccc21. The Morgan fingerprint density at radius 1 is 0.352 bits per heavy atom. The molecule has 9 rings (SSSR count). The molecule has 3 aliphatic rings. The minimum absolute atomic E-state index is 0.0466. The summed E-state index contributed by atoms with van der Waals surface area (Å²) < 4.78 is 7.73. The molecule has 0 aromatic heterocycles. The third kappa shape index (κ3) is 4.57. The highest BCUT2D eigenvalue weighted by Gasteiger charge is 2.60. The van der Waals surface area contributed by atoms with E-state index in [4.69, 9.17) is 4.74 Å². The van der Waals surface area contributed by atoms with Gasteiger partial charge in [-0.15, -0.1) is 0 Å². The molecule has 0 saturated carbocycles. The van der Waals surface area contributed by atoms with Crippen molar-refractivity contribution in [2.45, 2.75) is 77.8 Å². The summed E-state index contributed by atoms with van der Waals surface area (Å²) in [5, 5.41) is 8.51. The van der Waals surface area contributed by atoms with Gasteiger partial charge in [0.05, 0.1) is 11.4 Å². The molecule has 0 N–H and O–H groups in total. The fraction of sp³-hybridized carbons (Fsp3) is 0.250. The van der Waals surface area contributed by atoms with E-state index in [1.807, 2.05) is 0 Å². The first-order valence-corrected chi connectivity index (χ1v) is 27.5. The maximum absolute atomic E-state index is 7.73. The normalized spacial score (nSPS) is 17.2. The molecule has 3 aliphatic heterocycles. The molecule has 54 heavy (non-hydrogen) atoms. The van der Waals surface area contributed by atoms with E-state index >= 15 is 0 Å². The Bertz CT molecular complexity index is 2220. The van der Waals surface area contributed by atoms with E-state index in [1.165, 1.54) is 53.9 Å². The number of benzene rings is 6. The largest absolute Gasteiger partial charge is 0.453 e. The number of hydrogen-bond donors (Lipinski definition) is 0. The third-order valence-electron chi connectivity index (χ3n) is 13.0. The standard InChI is InChI=1S/C48H52N2OSi3/c1-47(2,3)54(48(4,5)6)43-31-19-25-37(49-33-21-11-15-27-39(33)52(7,8)40-28-16-12-22-34(40)49)45(43)51-46-38(26-20-32-44(46)54)50-35-23-13-17-29-41(35)53(9,10)42-30-18-14-24-36(42)50/h11-32H,1-10H3. The van der Waals surface area contributed by atoms with Crippen LogP contribution in [0.25, 0.3) is 0 Å². The van der Waals surface area contributed by atoms with Crippen molar-refractivity contribution in [2.75, 3.05) is 9.80 Å². The van der Waals surface area contributed by atoms with Crippen molar-refractivity contribution in [3.05, 3.63) is 133 Å². The molecule has 6 aromatic rings. The average molecular weight is 757 g/mol. The van der Waals surface area contributed by atoms with Gasteiger partial charge in [-0.3, -0.25) is 0 Å². The molecule has 0 atom stereocenters. The van der Waals surface area contributed by atoms with Gasteiger partial charge >= 0.3 is 0 Å². The lowest BCUT2D eigenvalue weighted by atomic mass is 10.1. The van der Waals surface area contributed by atoms with Crippen LogP contribution in [0.15, 0.2) is 133 Å². The molecule has 272 valence electrons. The van der Waals surface area contributed by atoms with Gasteiger partial charge in [0, 0.05) is 22.7 Å². The van der Waals surface area contributed by atoms with Gasteiger partial charge in [-0.05, 0) is 77.6 Å². The van der Waals surface area contributed by atoms with Crippen LogP contribution in [0.3, 0.4) is 0 Å². The lowest BCUT2D eigenvalue weighted by Crippen LogP contribution is -2.71. The summed E-state index contributed by atoms with van der Waals surface area (Å²) in [6, 6.07) is 50.5. The molecule has 3 nitrogen and oxygen atoms in total. The van der Waals surface area contributed by atoms with Gasteiger partial charge in [0.2, 0.25) is 0 Å². The van der Waals surface area contributed by atoms with Gasteiger partial charge in [0.15, 0.2) is 11.5 Å². The molecular formula is C48H52N2OSi3. The van der Waals surface area contributed by atoms with Crippen LogP contribution in [-0.4, -0.2) is 24.2 Å². The van der Waals surface area contributed by atoms with Crippen molar-refractivity contribution in [2.24, 2.45) is 0 Å².